The van der Waals surface area contributed by atoms with Crippen LogP contribution >= 0.6 is 0 Å². The van der Waals surface area contributed by atoms with Crippen LogP contribution in [0.3, 0.4) is 0 Å². The Morgan fingerprint density at radius 3 is 2.14 bits per heavy atom. The minimum absolute atomic E-state index is 0.0284. The molecule has 13 heteroatoms. The van der Waals surface area contributed by atoms with Crippen LogP contribution in [0.2, 0.25) is 0 Å². The van der Waals surface area contributed by atoms with Gasteiger partial charge in [0.1, 0.15) is 30.0 Å². The van der Waals surface area contributed by atoms with Crippen LogP contribution in [0.25, 0.3) is 0 Å². The summed E-state index contributed by atoms with van der Waals surface area (Å²) in [6.45, 7) is 9.92. The standard InChI is InChI=1S/C38H55N5O8/c1-36(2,3)30(41-35(49)42-38(17-9-7-8-10-18-38)34(48)51-21-23-13-15-24(50-6)16-14-23)33(47)43-20-25-27(37(25,4)5)28(43)32(46)40-26(19-22-11-12-22)29(44)31(39)45/h13-16,22,25-28,30H,7-12,17-21H2,1-6H3,(H2,39,45)(H,40,46)(H2,41,42,49)/t25-,26?,27-,28-,30+/m0/s1. The van der Waals surface area contributed by atoms with Gasteiger partial charge in [-0.3, -0.25) is 19.2 Å². The molecule has 13 nitrogen and oxygen atoms in total. The van der Waals surface area contributed by atoms with Gasteiger partial charge in [-0.15, -0.1) is 0 Å². The second-order valence-electron chi connectivity index (χ2n) is 16.7. The number of primary amides is 1. The minimum Gasteiger partial charge on any atom is -0.497 e. The van der Waals surface area contributed by atoms with Crippen molar-refractivity contribution in [1.29, 1.82) is 0 Å². The number of carbonyl (C=O) groups is 6. The number of piperidine rings is 1. The third-order valence-corrected chi connectivity index (χ3v) is 11.5. The summed E-state index contributed by atoms with van der Waals surface area (Å²) in [5.41, 5.74) is 3.84. The van der Waals surface area contributed by atoms with Gasteiger partial charge in [-0.25, -0.2) is 9.59 Å². The number of nitrogens with two attached hydrogens (primary N) is 1. The number of fused-ring (bicyclic) bond motifs is 1. The predicted molar refractivity (Wildman–Crippen MR) is 188 cm³/mol. The van der Waals surface area contributed by atoms with Crippen LogP contribution in [-0.2, 0) is 35.3 Å². The monoisotopic (exact) mass is 709 g/mol. The molecule has 1 heterocycles. The van der Waals surface area contributed by atoms with Crippen molar-refractivity contribution in [1.82, 2.24) is 20.9 Å². The van der Waals surface area contributed by atoms with E-state index in [-0.39, 0.29) is 29.8 Å². The topological polar surface area (TPSA) is 186 Å². The van der Waals surface area contributed by atoms with Crippen molar-refractivity contribution in [3.05, 3.63) is 29.8 Å². The highest BCUT2D eigenvalue weighted by atomic mass is 16.5. The Morgan fingerprint density at radius 2 is 1.59 bits per heavy atom. The highest BCUT2D eigenvalue weighted by Gasteiger charge is 2.70. The lowest BCUT2D eigenvalue weighted by Gasteiger charge is -2.39. The summed E-state index contributed by atoms with van der Waals surface area (Å²) in [6.07, 6.45) is 6.23. The summed E-state index contributed by atoms with van der Waals surface area (Å²) in [4.78, 5) is 82.0. The van der Waals surface area contributed by atoms with Gasteiger partial charge in [0.05, 0.1) is 13.2 Å². The van der Waals surface area contributed by atoms with E-state index in [2.05, 4.69) is 16.0 Å². The molecule has 5 atom stereocenters. The lowest BCUT2D eigenvalue weighted by molar-refractivity contribution is -0.153. The van der Waals surface area contributed by atoms with Crippen LogP contribution in [-0.4, -0.2) is 77.7 Å². The van der Waals surface area contributed by atoms with Crippen LogP contribution in [0.5, 0.6) is 5.75 Å². The van der Waals surface area contributed by atoms with Crippen molar-refractivity contribution in [3.63, 3.8) is 0 Å². The third kappa shape index (κ3) is 8.49. The Bertz CT molecular complexity index is 1510. The van der Waals surface area contributed by atoms with Crippen molar-refractivity contribution >= 4 is 35.5 Å². The SMILES string of the molecule is COc1ccc(COC(=O)C2(NC(=O)N[C@H](C(=O)N3C[C@H]4[C@@H]([C@H]3C(=O)NC(CC3CC3)C(=O)C(N)=O)C4(C)C)C(C)(C)C)CCCCCC2)cc1. The lowest BCUT2D eigenvalue weighted by atomic mass is 9.85. The fraction of sp³-hybridized carbons (Fsp3) is 0.684. The number of carbonyl (C=O) groups excluding carboxylic acids is 6. The predicted octanol–water partition coefficient (Wildman–Crippen LogP) is 3.37. The highest BCUT2D eigenvalue weighted by molar-refractivity contribution is 6.37. The zero-order valence-electron chi connectivity index (χ0n) is 30.8. The number of hydrogen-bond acceptors (Lipinski definition) is 8. The van der Waals surface area contributed by atoms with E-state index in [0.29, 0.717) is 31.6 Å². The average molecular weight is 710 g/mol. The van der Waals surface area contributed by atoms with Crippen LogP contribution in [0.4, 0.5) is 4.79 Å². The molecule has 4 aliphatic rings. The van der Waals surface area contributed by atoms with Crippen LogP contribution in [0.15, 0.2) is 24.3 Å². The number of likely N-dealkylation sites (tertiary alicyclic amines) is 1. The van der Waals surface area contributed by atoms with Gasteiger partial charge >= 0.3 is 12.0 Å². The van der Waals surface area contributed by atoms with E-state index >= 15 is 0 Å². The Hall–Kier alpha value is -4.16. The molecule has 1 aromatic rings. The number of nitrogens with one attached hydrogen (secondary N) is 3. The number of esters is 1. The largest absolute Gasteiger partial charge is 0.497 e. The molecule has 1 saturated heterocycles. The van der Waals surface area contributed by atoms with E-state index < -0.39 is 64.6 Å². The lowest BCUT2D eigenvalue weighted by Crippen LogP contribution is -2.64. The number of hydrogen-bond donors (Lipinski definition) is 4. The van der Waals surface area contributed by atoms with E-state index in [1.165, 1.54) is 4.90 Å². The van der Waals surface area contributed by atoms with Crippen LogP contribution in [0.1, 0.15) is 98.0 Å². The first-order valence-electron chi connectivity index (χ1n) is 18.3. The molecule has 1 unspecified atom stereocenters. The van der Waals surface area contributed by atoms with Crippen molar-refractivity contribution < 1.29 is 38.2 Å². The second kappa shape index (κ2) is 14.8. The normalized spacial score (nSPS) is 24.5. The van der Waals surface area contributed by atoms with Gasteiger partial charge in [0.2, 0.25) is 17.6 Å². The molecule has 1 aromatic carbocycles. The molecule has 1 aliphatic heterocycles. The van der Waals surface area contributed by atoms with Crippen molar-refractivity contribution in [3.8, 4) is 5.75 Å². The Labute approximate surface area is 300 Å². The van der Waals surface area contributed by atoms with Crippen LogP contribution < -0.4 is 26.4 Å². The number of Topliss-reactive ketones (excluding diaryl/α,β-unsaturated/α-hetero) is 1. The summed E-state index contributed by atoms with van der Waals surface area (Å²) < 4.78 is 11.0. The molecule has 3 saturated carbocycles. The number of benzene rings is 1. The van der Waals surface area contributed by atoms with E-state index in [1.54, 1.807) is 19.2 Å². The Balaban J connectivity index is 1.32. The van der Waals surface area contributed by atoms with E-state index in [9.17, 15) is 28.8 Å². The number of rotatable bonds is 13. The minimum atomic E-state index is -1.27. The molecule has 5 rings (SSSR count). The van der Waals surface area contributed by atoms with Gasteiger partial charge in [0.25, 0.3) is 5.91 Å². The maximum Gasteiger partial charge on any atom is 0.332 e. The zero-order chi connectivity index (χ0) is 37.3. The highest BCUT2D eigenvalue weighted by Crippen LogP contribution is 2.65. The van der Waals surface area contributed by atoms with E-state index in [1.807, 2.05) is 46.8 Å². The number of methoxy groups -OCH3 is 1. The fourth-order valence-corrected chi connectivity index (χ4v) is 8.08. The molecular weight excluding hydrogens is 654 g/mol. The molecule has 51 heavy (non-hydrogen) atoms. The molecule has 3 aliphatic carbocycles. The molecule has 0 bridgehead atoms. The van der Waals surface area contributed by atoms with E-state index in [4.69, 9.17) is 15.2 Å². The smallest absolute Gasteiger partial charge is 0.332 e. The van der Waals surface area contributed by atoms with Gasteiger partial charge in [-0.2, -0.15) is 0 Å². The quantitative estimate of drug-likeness (QED) is 0.136. The van der Waals surface area contributed by atoms with Crippen molar-refractivity contribution in [2.24, 2.45) is 34.3 Å². The van der Waals surface area contributed by atoms with Gasteiger partial charge in [0.15, 0.2) is 0 Å². The molecule has 0 radical (unpaired) electrons. The van der Waals surface area contributed by atoms with Crippen LogP contribution in [0, 0.1) is 28.6 Å². The maximum absolute atomic E-state index is 14.5. The number of urea groups is 1. The summed E-state index contributed by atoms with van der Waals surface area (Å²) in [5.74, 6) is -2.61. The van der Waals surface area contributed by atoms with Gasteiger partial charge in [-0.05, 0) is 65.5 Å². The first-order chi connectivity index (χ1) is 24.0. The molecule has 280 valence electrons. The van der Waals surface area contributed by atoms with Gasteiger partial charge < -0.3 is 36.1 Å². The number of ether oxygens (including phenoxy) is 2. The molecule has 5 N–H and O–H groups in total. The summed E-state index contributed by atoms with van der Waals surface area (Å²) in [6, 6.07) is 3.52. The molecule has 0 aromatic heterocycles. The fourth-order valence-electron chi connectivity index (χ4n) is 8.08. The molecular formula is C38H55N5O8. The number of nitrogens with zero attached hydrogens (tertiary/aromatic N) is 1. The Morgan fingerprint density at radius 1 is 0.961 bits per heavy atom. The zero-order valence-corrected chi connectivity index (χ0v) is 30.8. The van der Waals surface area contributed by atoms with Gasteiger partial charge in [0, 0.05) is 6.54 Å². The first kappa shape index (κ1) is 38.1. The van der Waals surface area contributed by atoms with Crippen molar-refractivity contribution in [2.75, 3.05) is 13.7 Å². The second-order valence-corrected chi connectivity index (χ2v) is 16.7. The first-order valence-corrected chi connectivity index (χ1v) is 18.3. The van der Waals surface area contributed by atoms with E-state index in [0.717, 1.165) is 44.1 Å². The third-order valence-electron chi connectivity index (χ3n) is 11.5. The average Bonchev–Trinajstić information content (AvgIpc) is 3.96. The molecule has 0 spiro atoms. The van der Waals surface area contributed by atoms with Crippen molar-refractivity contribution in [2.45, 2.75) is 123 Å². The molecule has 4 fully saturated rings. The summed E-state index contributed by atoms with van der Waals surface area (Å²) >= 11 is 0. The summed E-state index contributed by atoms with van der Waals surface area (Å²) in [5, 5.41) is 8.59. The van der Waals surface area contributed by atoms with Gasteiger partial charge in [-0.1, -0.05) is 85.3 Å². The number of ketones is 1. The molecule has 5 amide bonds. The summed E-state index contributed by atoms with van der Waals surface area (Å²) in [7, 11) is 1.58. The number of amides is 5. The maximum atomic E-state index is 14.5. The Kier molecular flexibility index (Phi) is 11.1.